The van der Waals surface area contributed by atoms with Crippen molar-refractivity contribution in [3.63, 3.8) is 0 Å². The van der Waals surface area contributed by atoms with Crippen LogP contribution in [-0.2, 0) is 64.4 Å². The zero-order chi connectivity index (χ0) is 62.1. The van der Waals surface area contributed by atoms with Gasteiger partial charge in [-0.2, -0.15) is 0 Å². The molecule has 0 saturated carbocycles. The zero-order valence-corrected chi connectivity index (χ0v) is 48.7. The Hall–Kier alpha value is -11.0. The highest BCUT2D eigenvalue weighted by atomic mass is 16.2. The summed E-state index contributed by atoms with van der Waals surface area (Å²) in [6.45, 7) is 11.0. The van der Waals surface area contributed by atoms with E-state index in [0.29, 0.717) is 32.0 Å². The van der Waals surface area contributed by atoms with Crippen LogP contribution in [0.2, 0.25) is 0 Å². The van der Waals surface area contributed by atoms with Crippen LogP contribution in [-0.4, -0.2) is 113 Å². The normalized spacial score (nSPS) is 9.37. The summed E-state index contributed by atoms with van der Waals surface area (Å²) in [5, 5.41) is 20.7. The Balaban J connectivity index is 0. The van der Waals surface area contributed by atoms with Crippen LogP contribution in [0.25, 0.3) is 44.1 Å². The Labute approximate surface area is 540 Å². The van der Waals surface area contributed by atoms with Crippen molar-refractivity contribution in [1.29, 1.82) is 0 Å². The summed E-state index contributed by atoms with van der Waals surface area (Å²) < 4.78 is 0. The van der Waals surface area contributed by atoms with Crippen LogP contribution in [0.15, 0.2) is 158 Å². The standard InChI is InChI=1S/C12H14N4O2.C11H13N3O.C11H14N2O2.C10H11N3O.C10H12N2O2.C8H8N2.6CH4/c1-8(17)13-7-12(18)14-6-11-15-9-4-2-3-5-10(9)16-11;1-8(15)12-7-6-11-13-9-4-2-3-5-10(9)14-11;1-9(14)12-8-11(15)13-7-10-5-3-2-4-6-10;1-7(14)11-6-10-12-8-4-2-3-5-9(8)13-10;1-8(13)11-7-10(14)12-9-5-3-2-4-6-9;1-6-9-7-4-2-3-5-8(7)10-6;;;;;;/h2-5H,6-7H2,1H3,(H,13,17)(H,14,18)(H,15,16);2-5H,6-7H2,1H3,(H,12,15)(H,13,14);2-6H,7-8H2,1H3,(H,12,14)(H,13,15);2-5H,6H2,1H3,(H,11,14)(H,12,13);2-6H,7H2,1H3,(H,11,13)(H,12,14);2-5H,1H3,(H,9,10);6*1H4. The number of amides is 8. The van der Waals surface area contributed by atoms with Gasteiger partial charge in [-0.05, 0) is 73.2 Å². The fourth-order valence-corrected chi connectivity index (χ4v) is 7.39. The lowest BCUT2D eigenvalue weighted by Crippen LogP contribution is -2.35. The molecule has 0 aliphatic heterocycles. The highest BCUT2D eigenvalue weighted by molar-refractivity contribution is 5.94. The van der Waals surface area contributed by atoms with Crippen LogP contribution >= 0.6 is 0 Å². The van der Waals surface area contributed by atoms with E-state index in [1.165, 1.54) is 34.6 Å². The summed E-state index contributed by atoms with van der Waals surface area (Å²) in [5.74, 6) is 1.98. The smallest absolute Gasteiger partial charge is 0.243 e. The number of imidazole rings is 4. The van der Waals surface area contributed by atoms with Crippen molar-refractivity contribution in [3.8, 4) is 0 Å². The number of rotatable bonds is 16. The maximum Gasteiger partial charge on any atom is 0.243 e. The van der Waals surface area contributed by atoms with Crippen molar-refractivity contribution in [1.82, 2.24) is 77.1 Å². The molecule has 8 amide bonds. The van der Waals surface area contributed by atoms with Gasteiger partial charge in [-0.15, -0.1) is 0 Å². The van der Waals surface area contributed by atoms with E-state index in [1.807, 2.05) is 153 Å². The number of benzene rings is 6. The molecule has 12 N–H and O–H groups in total. The number of hydrogen-bond donors (Lipinski definition) is 12. The van der Waals surface area contributed by atoms with E-state index in [2.05, 4.69) is 82.4 Å². The topological polar surface area (TPSA) is 348 Å². The van der Waals surface area contributed by atoms with Crippen molar-refractivity contribution in [3.05, 3.63) is 187 Å². The van der Waals surface area contributed by atoms with Gasteiger partial charge in [0.05, 0.1) is 76.9 Å². The van der Waals surface area contributed by atoms with Gasteiger partial charge < -0.3 is 62.5 Å². The van der Waals surface area contributed by atoms with Crippen molar-refractivity contribution in [2.75, 3.05) is 31.5 Å². The summed E-state index contributed by atoms with van der Waals surface area (Å²) in [6, 6.07) is 50.0. The lowest BCUT2D eigenvalue weighted by molar-refractivity contribution is -0.125. The van der Waals surface area contributed by atoms with E-state index in [9.17, 15) is 38.4 Å². The molecular weight excluding hydrogens is 1170 g/mol. The van der Waals surface area contributed by atoms with E-state index in [-0.39, 0.29) is 111 Å². The fraction of sp³-hybridized carbons (Fsp3) is 0.294. The average Bonchev–Trinajstić information content (AvgIpc) is 1.82. The zero-order valence-electron chi connectivity index (χ0n) is 48.7. The number of hydrogen-bond acceptors (Lipinski definition) is 12. The van der Waals surface area contributed by atoms with Crippen LogP contribution in [0, 0.1) is 6.92 Å². The van der Waals surface area contributed by atoms with Gasteiger partial charge in [0.2, 0.25) is 47.3 Å². The molecule has 24 heteroatoms. The lowest BCUT2D eigenvalue weighted by Gasteiger charge is -2.05. The Morgan fingerprint density at radius 2 is 0.663 bits per heavy atom. The molecule has 0 fully saturated rings. The van der Waals surface area contributed by atoms with Crippen LogP contribution in [0.5, 0.6) is 0 Å². The summed E-state index contributed by atoms with van der Waals surface area (Å²) in [6.07, 6.45) is 0.730. The van der Waals surface area contributed by atoms with Gasteiger partial charge in [0.25, 0.3) is 0 Å². The van der Waals surface area contributed by atoms with Gasteiger partial charge >= 0.3 is 0 Å². The Bertz CT molecular complexity index is 3650. The predicted molar refractivity (Wildman–Crippen MR) is 371 cm³/mol. The van der Waals surface area contributed by atoms with Crippen LogP contribution in [0.3, 0.4) is 0 Å². The summed E-state index contributed by atoms with van der Waals surface area (Å²) in [5.41, 5.74) is 9.63. The van der Waals surface area contributed by atoms with Crippen molar-refractivity contribution < 1.29 is 38.4 Å². The van der Waals surface area contributed by atoms with Crippen molar-refractivity contribution in [2.24, 2.45) is 0 Å². The number of aryl methyl sites for hydroxylation is 1. The number of nitrogens with one attached hydrogen (secondary N) is 12. The second-order valence-electron chi connectivity index (χ2n) is 18.8. The fourth-order valence-electron chi connectivity index (χ4n) is 7.39. The Kier molecular flexibility index (Phi) is 40.8. The molecule has 0 atom stereocenters. The molecule has 6 aromatic carbocycles. The molecule has 0 bridgehead atoms. The quantitative estimate of drug-likeness (QED) is 0.0430. The van der Waals surface area contributed by atoms with Crippen molar-refractivity contribution >= 4 is 97.1 Å². The number of carbonyl (C=O) groups excluding carboxylic acids is 8. The highest BCUT2D eigenvalue weighted by Crippen LogP contribution is 2.13. The molecule has 0 aliphatic rings. The Morgan fingerprint density at radius 1 is 0.337 bits per heavy atom. The van der Waals surface area contributed by atoms with Crippen LogP contribution in [0.1, 0.15) is 108 Å². The molecule has 92 heavy (non-hydrogen) atoms. The molecule has 10 aromatic rings. The first-order valence-electron chi connectivity index (χ1n) is 27.3. The highest BCUT2D eigenvalue weighted by Gasteiger charge is 2.07. The molecule has 4 heterocycles. The number of anilines is 1. The van der Waals surface area contributed by atoms with Gasteiger partial charge in [0, 0.05) is 59.8 Å². The maximum atomic E-state index is 11.4. The predicted octanol–water partition coefficient (Wildman–Crippen LogP) is 9.64. The number of aromatic amines is 4. The van der Waals surface area contributed by atoms with Gasteiger partial charge in [0.1, 0.15) is 23.3 Å². The van der Waals surface area contributed by atoms with Crippen molar-refractivity contribution in [2.45, 2.75) is 112 Å². The summed E-state index contributed by atoms with van der Waals surface area (Å²) >= 11 is 0. The molecule has 10 rings (SSSR count). The number of aromatic nitrogens is 8. The molecule has 0 radical (unpaired) electrons. The SMILES string of the molecule is C.C.C.C.C.C.CC(=O)NCC(=O)NCc1ccccc1.CC(=O)NCC(=O)NCc1nc2ccccc2[nH]1.CC(=O)NCC(=O)Nc1ccccc1.CC(=O)NCCc1nc2ccccc2[nH]1.CC(=O)NCc1nc2ccccc2[nH]1.Cc1nc2ccccc2[nH]1. The van der Waals surface area contributed by atoms with Gasteiger partial charge in [-0.3, -0.25) is 38.4 Å². The number of fused-ring (bicyclic) bond motifs is 4. The van der Waals surface area contributed by atoms with Crippen LogP contribution < -0.4 is 42.5 Å². The minimum Gasteiger partial charge on any atom is -0.356 e. The van der Waals surface area contributed by atoms with Gasteiger partial charge in [-0.1, -0.05) is 142 Å². The number of nitrogens with zero attached hydrogens (tertiary/aromatic N) is 4. The molecule has 0 unspecified atom stereocenters. The number of H-pyrrole nitrogens is 4. The number of para-hydroxylation sites is 9. The molecule has 0 aliphatic carbocycles. The monoisotopic (exact) mass is 1260 g/mol. The minimum atomic E-state index is -0.245. The maximum absolute atomic E-state index is 11.4. The molecule has 496 valence electrons. The third-order valence-electron chi connectivity index (χ3n) is 11.4. The van der Waals surface area contributed by atoms with Crippen LogP contribution in [0.4, 0.5) is 5.69 Å². The number of carbonyl (C=O) groups is 8. The average molecular weight is 1270 g/mol. The molecule has 24 nitrogen and oxygen atoms in total. The molecule has 0 saturated heterocycles. The van der Waals surface area contributed by atoms with E-state index in [4.69, 9.17) is 0 Å². The van der Waals surface area contributed by atoms with Gasteiger partial charge in [0.15, 0.2) is 0 Å². The first kappa shape index (κ1) is 83.0. The summed E-state index contributed by atoms with van der Waals surface area (Å²) in [4.78, 5) is 117. The third-order valence-corrected chi connectivity index (χ3v) is 11.4. The second-order valence-corrected chi connectivity index (χ2v) is 18.8. The van der Waals surface area contributed by atoms with Gasteiger partial charge in [-0.25, -0.2) is 19.9 Å². The molecule has 4 aromatic heterocycles. The van der Waals surface area contributed by atoms with E-state index >= 15 is 0 Å². The van der Waals surface area contributed by atoms with E-state index in [0.717, 1.165) is 79.3 Å². The third kappa shape index (κ3) is 32.8. The molecular formula is C68H96N16O8. The lowest BCUT2D eigenvalue weighted by atomic mass is 10.2. The first-order valence-corrected chi connectivity index (χ1v) is 27.3. The van der Waals surface area contributed by atoms with E-state index in [1.54, 1.807) is 12.1 Å². The molecule has 0 spiro atoms. The van der Waals surface area contributed by atoms with E-state index < -0.39 is 0 Å². The second kappa shape index (κ2) is 45.3. The summed E-state index contributed by atoms with van der Waals surface area (Å²) in [7, 11) is 0. The first-order chi connectivity index (χ1) is 41.4. The largest absolute Gasteiger partial charge is 0.356 e. The Morgan fingerprint density at radius 3 is 1.07 bits per heavy atom. The minimum absolute atomic E-state index is 0.